The van der Waals surface area contributed by atoms with Crippen molar-refractivity contribution in [2.75, 3.05) is 25.5 Å². The van der Waals surface area contributed by atoms with Crippen LogP contribution in [0.5, 0.6) is 28.7 Å². The summed E-state index contributed by atoms with van der Waals surface area (Å²) in [5, 5.41) is 12.4. The molecular formula is C20H15NO5. The predicted molar refractivity (Wildman–Crippen MR) is 95.4 cm³/mol. The van der Waals surface area contributed by atoms with Gasteiger partial charge in [0.1, 0.15) is 5.75 Å². The topological polar surface area (TPSA) is 60.4 Å². The molecule has 3 aliphatic rings. The Morgan fingerprint density at radius 3 is 2.42 bits per heavy atom. The van der Waals surface area contributed by atoms with E-state index in [0.29, 0.717) is 18.0 Å². The first kappa shape index (κ1) is 13.9. The zero-order valence-corrected chi connectivity index (χ0v) is 14.0. The van der Waals surface area contributed by atoms with Gasteiger partial charge in [-0.1, -0.05) is 0 Å². The number of hydrogen-bond donors (Lipinski definition) is 1. The highest BCUT2D eigenvalue weighted by Crippen LogP contribution is 2.52. The summed E-state index contributed by atoms with van der Waals surface area (Å²) in [6.07, 6.45) is 0. The Kier molecular flexibility index (Phi) is 2.50. The van der Waals surface area contributed by atoms with Gasteiger partial charge in [-0.2, -0.15) is 0 Å². The minimum absolute atomic E-state index is 0.205. The molecule has 0 fully saturated rings. The fourth-order valence-corrected chi connectivity index (χ4v) is 4.15. The summed E-state index contributed by atoms with van der Waals surface area (Å²) in [4.78, 5) is 2.17. The van der Waals surface area contributed by atoms with Crippen molar-refractivity contribution >= 4 is 16.5 Å². The van der Waals surface area contributed by atoms with E-state index < -0.39 is 0 Å². The van der Waals surface area contributed by atoms with Crippen LogP contribution in [0.25, 0.3) is 21.9 Å². The van der Waals surface area contributed by atoms with Gasteiger partial charge in [-0.15, -0.1) is 0 Å². The third-order valence-corrected chi connectivity index (χ3v) is 5.29. The minimum Gasteiger partial charge on any atom is -0.507 e. The molecule has 0 amide bonds. The summed E-state index contributed by atoms with van der Waals surface area (Å²) in [5.41, 5.74) is 4.16. The average molecular weight is 349 g/mol. The van der Waals surface area contributed by atoms with E-state index in [0.717, 1.165) is 44.6 Å². The lowest BCUT2D eigenvalue weighted by atomic mass is 9.89. The van der Waals surface area contributed by atoms with Crippen molar-refractivity contribution in [2.24, 2.45) is 0 Å². The van der Waals surface area contributed by atoms with Crippen molar-refractivity contribution in [1.82, 2.24) is 0 Å². The first-order valence-corrected chi connectivity index (χ1v) is 8.43. The molecule has 3 aromatic carbocycles. The second-order valence-electron chi connectivity index (χ2n) is 6.72. The maximum absolute atomic E-state index is 10.7. The van der Waals surface area contributed by atoms with Crippen LogP contribution >= 0.6 is 0 Å². The van der Waals surface area contributed by atoms with Crippen molar-refractivity contribution in [2.45, 2.75) is 6.54 Å². The fraction of sp³-hybridized carbons (Fsp3) is 0.200. The zero-order chi connectivity index (χ0) is 17.4. The highest BCUT2D eigenvalue weighted by Gasteiger charge is 2.30. The molecule has 0 aromatic heterocycles. The Bertz CT molecular complexity index is 1110. The van der Waals surface area contributed by atoms with Crippen molar-refractivity contribution in [1.29, 1.82) is 0 Å². The molecule has 0 saturated carbocycles. The van der Waals surface area contributed by atoms with E-state index in [-0.39, 0.29) is 19.3 Å². The largest absolute Gasteiger partial charge is 0.507 e. The standard InChI is InChI=1S/C20H15NO5/c1-21-7-14-10(2-3-16-20(14)26-9-23-16)12-4-15(22)11-5-17-18(25-8-24-17)6-13(11)19(12)21/h2-6,22H,7-9H2,1H3. The van der Waals surface area contributed by atoms with Gasteiger partial charge in [0.15, 0.2) is 23.0 Å². The van der Waals surface area contributed by atoms with E-state index in [4.69, 9.17) is 18.9 Å². The molecular weight excluding hydrogens is 334 g/mol. The zero-order valence-electron chi connectivity index (χ0n) is 14.0. The Hall–Kier alpha value is -3.28. The maximum atomic E-state index is 10.7. The van der Waals surface area contributed by atoms with Crippen LogP contribution in [0.15, 0.2) is 30.3 Å². The molecule has 6 nitrogen and oxygen atoms in total. The molecule has 6 heteroatoms. The number of aromatic hydroxyl groups is 1. The van der Waals surface area contributed by atoms with Crippen LogP contribution in [0.4, 0.5) is 5.69 Å². The number of hydrogen-bond acceptors (Lipinski definition) is 6. The van der Waals surface area contributed by atoms with Gasteiger partial charge in [-0.05, 0) is 35.9 Å². The third-order valence-electron chi connectivity index (χ3n) is 5.29. The molecule has 3 aliphatic heterocycles. The Morgan fingerprint density at radius 1 is 0.846 bits per heavy atom. The van der Waals surface area contributed by atoms with Gasteiger partial charge in [0.2, 0.25) is 13.6 Å². The monoisotopic (exact) mass is 349 g/mol. The Morgan fingerprint density at radius 2 is 1.58 bits per heavy atom. The van der Waals surface area contributed by atoms with Crippen LogP contribution in [0, 0.1) is 0 Å². The van der Waals surface area contributed by atoms with Crippen molar-refractivity contribution < 1.29 is 24.1 Å². The number of benzene rings is 3. The number of phenolic OH excluding ortho intramolecular Hbond substituents is 1. The summed E-state index contributed by atoms with van der Waals surface area (Å²) in [6.45, 7) is 1.15. The molecule has 3 aromatic rings. The Balaban J connectivity index is 1.69. The quantitative estimate of drug-likeness (QED) is 0.669. The van der Waals surface area contributed by atoms with E-state index in [1.807, 2.05) is 37.4 Å². The van der Waals surface area contributed by atoms with Crippen LogP contribution in [0.1, 0.15) is 5.56 Å². The molecule has 0 radical (unpaired) electrons. The minimum atomic E-state index is 0.205. The van der Waals surface area contributed by atoms with Gasteiger partial charge < -0.3 is 29.0 Å². The molecule has 0 atom stereocenters. The lowest BCUT2D eigenvalue weighted by Gasteiger charge is -2.31. The van der Waals surface area contributed by atoms with Crippen molar-refractivity contribution in [3.63, 3.8) is 0 Å². The predicted octanol–water partition coefficient (Wildman–Crippen LogP) is 3.62. The third kappa shape index (κ3) is 1.66. The van der Waals surface area contributed by atoms with E-state index in [2.05, 4.69) is 4.90 Å². The molecule has 3 heterocycles. The van der Waals surface area contributed by atoms with Crippen LogP contribution in [-0.2, 0) is 6.54 Å². The van der Waals surface area contributed by atoms with Crippen LogP contribution < -0.4 is 23.8 Å². The van der Waals surface area contributed by atoms with Gasteiger partial charge in [0.25, 0.3) is 0 Å². The van der Waals surface area contributed by atoms with E-state index >= 15 is 0 Å². The molecule has 0 aliphatic carbocycles. The van der Waals surface area contributed by atoms with E-state index in [1.54, 1.807) is 0 Å². The molecule has 130 valence electrons. The second-order valence-corrected chi connectivity index (χ2v) is 6.72. The number of ether oxygens (including phenoxy) is 4. The molecule has 0 bridgehead atoms. The van der Waals surface area contributed by atoms with Crippen molar-refractivity contribution in [3.8, 4) is 39.9 Å². The van der Waals surface area contributed by atoms with E-state index in [9.17, 15) is 5.11 Å². The normalized spacial score (nSPS) is 16.0. The maximum Gasteiger partial charge on any atom is 0.231 e. The van der Waals surface area contributed by atoms with Gasteiger partial charge in [-0.25, -0.2) is 0 Å². The number of rotatable bonds is 0. The van der Waals surface area contributed by atoms with E-state index in [1.165, 1.54) is 0 Å². The Labute approximate surface area is 149 Å². The smallest absolute Gasteiger partial charge is 0.231 e. The van der Waals surface area contributed by atoms with Gasteiger partial charge in [0.05, 0.1) is 5.69 Å². The van der Waals surface area contributed by atoms with Crippen LogP contribution in [0.3, 0.4) is 0 Å². The van der Waals surface area contributed by atoms with Crippen molar-refractivity contribution in [3.05, 3.63) is 35.9 Å². The summed E-state index contributed by atoms with van der Waals surface area (Å²) >= 11 is 0. The number of anilines is 1. The van der Waals surface area contributed by atoms with Gasteiger partial charge >= 0.3 is 0 Å². The van der Waals surface area contributed by atoms with Gasteiger partial charge in [-0.3, -0.25) is 0 Å². The first-order chi connectivity index (χ1) is 12.7. The highest BCUT2D eigenvalue weighted by atomic mass is 16.7. The molecule has 26 heavy (non-hydrogen) atoms. The van der Waals surface area contributed by atoms with Crippen LogP contribution in [-0.4, -0.2) is 25.7 Å². The molecule has 0 saturated heterocycles. The van der Waals surface area contributed by atoms with Crippen LogP contribution in [0.2, 0.25) is 0 Å². The number of nitrogens with zero attached hydrogens (tertiary/aromatic N) is 1. The molecule has 0 spiro atoms. The summed E-state index contributed by atoms with van der Waals surface area (Å²) in [7, 11) is 2.04. The lowest BCUT2D eigenvalue weighted by molar-refractivity contribution is 0.173. The fourth-order valence-electron chi connectivity index (χ4n) is 4.15. The molecule has 1 N–H and O–H groups in total. The average Bonchev–Trinajstić information content (AvgIpc) is 3.29. The highest BCUT2D eigenvalue weighted by molar-refractivity contribution is 6.08. The SMILES string of the molecule is CN1Cc2c(ccc3c2OCO3)-c2cc(O)c3cc4c(cc3c21)OCO4. The summed E-state index contributed by atoms with van der Waals surface area (Å²) in [5.74, 6) is 3.15. The summed E-state index contributed by atoms with van der Waals surface area (Å²) < 4.78 is 22.2. The van der Waals surface area contributed by atoms with Gasteiger partial charge in [0, 0.05) is 35.5 Å². The number of fused-ring (bicyclic) bond motifs is 8. The lowest BCUT2D eigenvalue weighted by Crippen LogP contribution is -2.22. The molecule has 6 rings (SSSR count). The second kappa shape index (κ2) is 4.66. The molecule has 0 unspecified atom stereocenters. The number of phenols is 1. The summed E-state index contributed by atoms with van der Waals surface area (Å²) in [6, 6.07) is 9.57. The first-order valence-electron chi connectivity index (χ1n) is 8.43.